The molecule has 0 spiro atoms. The van der Waals surface area contributed by atoms with Crippen molar-refractivity contribution in [2.24, 2.45) is 0 Å². The summed E-state index contributed by atoms with van der Waals surface area (Å²) in [5.41, 5.74) is 2.32. The van der Waals surface area contributed by atoms with E-state index in [1.165, 1.54) is 11.1 Å². The molecule has 3 heteroatoms. The molecule has 0 aliphatic rings. The van der Waals surface area contributed by atoms with Gasteiger partial charge >= 0.3 is 5.97 Å². The van der Waals surface area contributed by atoms with Crippen molar-refractivity contribution in [1.82, 2.24) is 4.57 Å². The summed E-state index contributed by atoms with van der Waals surface area (Å²) in [6.45, 7) is 2.64. The van der Waals surface area contributed by atoms with Crippen LogP contribution in [0, 0.1) is 0 Å². The Kier molecular flexibility index (Phi) is 2.95. The number of carboxylic acids is 1. The van der Waals surface area contributed by atoms with Crippen LogP contribution >= 0.6 is 0 Å². The smallest absolute Gasteiger partial charge is 0.305 e. The number of para-hydroxylation sites is 1. The highest BCUT2D eigenvalue weighted by Crippen LogP contribution is 2.20. The Hall–Kier alpha value is -1.77. The first-order chi connectivity index (χ1) is 7.72. The Bertz CT molecular complexity index is 514. The van der Waals surface area contributed by atoms with Crippen molar-refractivity contribution in [2.75, 3.05) is 0 Å². The highest BCUT2D eigenvalue weighted by molar-refractivity contribution is 5.81. The van der Waals surface area contributed by atoms with Crippen LogP contribution in [0.4, 0.5) is 0 Å². The summed E-state index contributed by atoms with van der Waals surface area (Å²) in [7, 11) is 0. The number of aromatic nitrogens is 1. The maximum Gasteiger partial charge on any atom is 0.305 e. The van der Waals surface area contributed by atoms with E-state index in [4.69, 9.17) is 5.11 Å². The van der Waals surface area contributed by atoms with E-state index in [2.05, 4.69) is 23.6 Å². The summed E-state index contributed by atoms with van der Waals surface area (Å²) >= 11 is 0. The van der Waals surface area contributed by atoms with Gasteiger partial charge in [0.1, 0.15) is 0 Å². The molecule has 1 heterocycles. The molecular formula is C13H15NO2. The molecular weight excluding hydrogens is 202 g/mol. The molecule has 0 aliphatic heterocycles. The van der Waals surface area contributed by atoms with E-state index in [-0.39, 0.29) is 6.42 Å². The fourth-order valence-corrected chi connectivity index (χ4v) is 2.03. The van der Waals surface area contributed by atoms with Crippen molar-refractivity contribution in [3.05, 3.63) is 36.0 Å². The van der Waals surface area contributed by atoms with Crippen LogP contribution in [0.5, 0.6) is 0 Å². The van der Waals surface area contributed by atoms with Crippen LogP contribution in [-0.4, -0.2) is 15.6 Å². The van der Waals surface area contributed by atoms with E-state index in [1.807, 2.05) is 18.2 Å². The molecule has 1 N–H and O–H groups in total. The topological polar surface area (TPSA) is 42.2 Å². The zero-order valence-corrected chi connectivity index (χ0v) is 9.31. The van der Waals surface area contributed by atoms with Gasteiger partial charge in [0.25, 0.3) is 0 Å². The second-order valence-electron chi connectivity index (χ2n) is 3.84. The molecule has 16 heavy (non-hydrogen) atoms. The number of benzene rings is 1. The van der Waals surface area contributed by atoms with Gasteiger partial charge < -0.3 is 9.67 Å². The summed E-state index contributed by atoms with van der Waals surface area (Å²) in [5, 5.41) is 9.92. The fraction of sp³-hybridized carbons (Fsp3) is 0.308. The maximum absolute atomic E-state index is 10.6. The van der Waals surface area contributed by atoms with Crippen LogP contribution in [0.1, 0.15) is 19.0 Å². The predicted octanol–water partition coefficient (Wildman–Crippen LogP) is 2.68. The first-order valence-electron chi connectivity index (χ1n) is 5.51. The zero-order valence-electron chi connectivity index (χ0n) is 9.31. The molecule has 3 nitrogen and oxygen atoms in total. The highest BCUT2D eigenvalue weighted by atomic mass is 16.4. The van der Waals surface area contributed by atoms with Crippen LogP contribution in [-0.2, 0) is 17.8 Å². The van der Waals surface area contributed by atoms with Crippen molar-refractivity contribution < 1.29 is 9.90 Å². The number of carboxylic acid groups (broad SMARTS) is 1. The molecule has 2 aromatic rings. The van der Waals surface area contributed by atoms with Gasteiger partial charge in [0.05, 0.1) is 6.42 Å². The average molecular weight is 217 g/mol. The van der Waals surface area contributed by atoms with Crippen LogP contribution in [0.3, 0.4) is 0 Å². The maximum atomic E-state index is 10.6. The molecule has 0 aliphatic carbocycles. The molecule has 1 aromatic heterocycles. The van der Waals surface area contributed by atoms with E-state index < -0.39 is 5.97 Å². The lowest BCUT2D eigenvalue weighted by Gasteiger charge is -2.07. The first-order valence-corrected chi connectivity index (χ1v) is 5.51. The lowest BCUT2D eigenvalue weighted by Crippen LogP contribution is -2.06. The standard InChI is InChI=1S/C13H15NO2/c1-2-11-9-10-5-3-4-6-12(10)14(11)8-7-13(15)16/h3-6,9H,2,7-8H2,1H3,(H,15,16). The van der Waals surface area contributed by atoms with Crippen LogP contribution in [0.25, 0.3) is 10.9 Å². The van der Waals surface area contributed by atoms with Crippen molar-refractivity contribution in [3.8, 4) is 0 Å². The second kappa shape index (κ2) is 4.39. The first kappa shape index (κ1) is 10.7. The summed E-state index contributed by atoms with van der Waals surface area (Å²) in [5.74, 6) is -0.750. The molecule has 0 saturated heterocycles. The second-order valence-corrected chi connectivity index (χ2v) is 3.84. The van der Waals surface area contributed by atoms with Crippen molar-refractivity contribution >= 4 is 16.9 Å². The molecule has 0 unspecified atom stereocenters. The molecule has 2 rings (SSSR count). The van der Waals surface area contributed by atoms with Gasteiger partial charge in [-0.15, -0.1) is 0 Å². The van der Waals surface area contributed by atoms with Gasteiger partial charge in [-0.1, -0.05) is 25.1 Å². The molecule has 0 radical (unpaired) electrons. The number of rotatable bonds is 4. The van der Waals surface area contributed by atoms with Gasteiger partial charge in [0.15, 0.2) is 0 Å². The molecule has 1 aromatic carbocycles. The van der Waals surface area contributed by atoms with Gasteiger partial charge in [-0.25, -0.2) is 0 Å². The number of fused-ring (bicyclic) bond motifs is 1. The Balaban J connectivity index is 2.43. The molecule has 0 bridgehead atoms. The third-order valence-corrected chi connectivity index (χ3v) is 2.81. The highest BCUT2D eigenvalue weighted by Gasteiger charge is 2.07. The van der Waals surface area contributed by atoms with Crippen molar-refractivity contribution in [1.29, 1.82) is 0 Å². The van der Waals surface area contributed by atoms with E-state index >= 15 is 0 Å². The third-order valence-electron chi connectivity index (χ3n) is 2.81. The SMILES string of the molecule is CCc1cc2ccccc2n1CCC(=O)O. The number of aliphatic carboxylic acids is 1. The molecule has 0 saturated carbocycles. The van der Waals surface area contributed by atoms with Gasteiger partial charge in [-0.3, -0.25) is 4.79 Å². The number of hydrogen-bond acceptors (Lipinski definition) is 1. The Morgan fingerprint density at radius 2 is 2.12 bits per heavy atom. The molecule has 0 fully saturated rings. The largest absolute Gasteiger partial charge is 0.481 e. The van der Waals surface area contributed by atoms with E-state index in [1.54, 1.807) is 0 Å². The van der Waals surface area contributed by atoms with Gasteiger partial charge in [0.2, 0.25) is 0 Å². The minimum absolute atomic E-state index is 0.172. The van der Waals surface area contributed by atoms with E-state index in [9.17, 15) is 4.79 Å². The molecule has 0 amide bonds. The van der Waals surface area contributed by atoms with Gasteiger partial charge in [0, 0.05) is 17.8 Å². The quantitative estimate of drug-likeness (QED) is 0.855. The summed E-state index contributed by atoms with van der Waals surface area (Å²) in [6.07, 6.45) is 1.10. The fourth-order valence-electron chi connectivity index (χ4n) is 2.03. The average Bonchev–Trinajstić information content (AvgIpc) is 2.64. The minimum Gasteiger partial charge on any atom is -0.481 e. The number of nitrogens with zero attached hydrogens (tertiary/aromatic N) is 1. The van der Waals surface area contributed by atoms with E-state index in [0.29, 0.717) is 6.54 Å². The molecule has 84 valence electrons. The van der Waals surface area contributed by atoms with Crippen LogP contribution < -0.4 is 0 Å². The minimum atomic E-state index is -0.750. The normalized spacial score (nSPS) is 10.8. The van der Waals surface area contributed by atoms with Gasteiger partial charge in [-0.05, 0) is 23.9 Å². The summed E-state index contributed by atoms with van der Waals surface area (Å²) in [6, 6.07) is 10.2. The van der Waals surface area contributed by atoms with Gasteiger partial charge in [-0.2, -0.15) is 0 Å². The lowest BCUT2D eigenvalue weighted by molar-refractivity contribution is -0.137. The molecule has 0 atom stereocenters. The number of aryl methyl sites for hydroxylation is 2. The Morgan fingerprint density at radius 1 is 1.38 bits per heavy atom. The lowest BCUT2D eigenvalue weighted by atomic mass is 10.2. The summed E-state index contributed by atoms with van der Waals surface area (Å²) in [4.78, 5) is 10.6. The summed E-state index contributed by atoms with van der Waals surface area (Å²) < 4.78 is 2.10. The number of hydrogen-bond donors (Lipinski definition) is 1. The Morgan fingerprint density at radius 3 is 2.81 bits per heavy atom. The number of carbonyl (C=O) groups is 1. The third kappa shape index (κ3) is 1.94. The van der Waals surface area contributed by atoms with Crippen LogP contribution in [0.15, 0.2) is 30.3 Å². The monoisotopic (exact) mass is 217 g/mol. The zero-order chi connectivity index (χ0) is 11.5. The van der Waals surface area contributed by atoms with Crippen LogP contribution in [0.2, 0.25) is 0 Å². The van der Waals surface area contributed by atoms with Crippen molar-refractivity contribution in [2.45, 2.75) is 26.3 Å². The van der Waals surface area contributed by atoms with E-state index in [0.717, 1.165) is 11.9 Å². The van der Waals surface area contributed by atoms with Crippen molar-refractivity contribution in [3.63, 3.8) is 0 Å². The Labute approximate surface area is 94.3 Å². The predicted molar refractivity (Wildman–Crippen MR) is 63.6 cm³/mol.